The minimum absolute atomic E-state index is 0.0716. The van der Waals surface area contributed by atoms with Crippen molar-refractivity contribution in [3.05, 3.63) is 47.0 Å². The van der Waals surface area contributed by atoms with Gasteiger partial charge in [-0.25, -0.2) is 9.97 Å². The molecule has 2 aromatic heterocycles. The predicted molar refractivity (Wildman–Crippen MR) is 131 cm³/mol. The fourth-order valence-electron chi connectivity index (χ4n) is 4.81. The number of rotatable bonds is 4. The van der Waals surface area contributed by atoms with Crippen LogP contribution >= 0.6 is 11.6 Å². The Balaban J connectivity index is 1.26. The molecule has 0 saturated carbocycles. The third-order valence-corrected chi connectivity index (χ3v) is 6.51. The Morgan fingerprint density at radius 3 is 2.56 bits per heavy atom. The highest BCUT2D eigenvalue weighted by Crippen LogP contribution is 2.29. The van der Waals surface area contributed by atoms with Gasteiger partial charge >= 0.3 is 0 Å². The van der Waals surface area contributed by atoms with Gasteiger partial charge in [-0.05, 0) is 32.0 Å². The molecule has 0 amide bonds. The number of anilines is 2. The summed E-state index contributed by atoms with van der Waals surface area (Å²) >= 11 is 6.12. The number of fused-ring (bicyclic) bond motifs is 1. The number of aromatic nitrogens is 4. The molecule has 2 aliphatic rings. The van der Waals surface area contributed by atoms with Crippen molar-refractivity contribution in [3.63, 3.8) is 0 Å². The van der Waals surface area contributed by atoms with Gasteiger partial charge in [0, 0.05) is 63.9 Å². The highest BCUT2D eigenvalue weighted by molar-refractivity contribution is 6.29. The number of nitriles is 1. The Labute approximate surface area is 204 Å². The van der Waals surface area contributed by atoms with Crippen LogP contribution < -0.4 is 9.80 Å². The molecule has 10 heteroatoms. The van der Waals surface area contributed by atoms with E-state index in [4.69, 9.17) is 16.3 Å². The maximum atomic E-state index is 9.45. The highest BCUT2D eigenvalue weighted by atomic mass is 35.5. The summed E-state index contributed by atoms with van der Waals surface area (Å²) < 4.78 is 6.31. The molecule has 0 spiro atoms. The quantitative estimate of drug-likeness (QED) is 0.524. The second-order valence-corrected chi connectivity index (χ2v) is 9.28. The number of morpholine rings is 1. The van der Waals surface area contributed by atoms with E-state index in [-0.39, 0.29) is 12.2 Å². The SMILES string of the molecule is Cc1cc(Cl)nc(N2CCN(C[C@H]3CN(c4ccc(C#N)c5nccnc45)C[C@@H](C)O3)CC2)n1. The summed E-state index contributed by atoms with van der Waals surface area (Å²) in [4.78, 5) is 24.8. The Morgan fingerprint density at radius 1 is 1.06 bits per heavy atom. The summed E-state index contributed by atoms with van der Waals surface area (Å²) in [7, 11) is 0. The van der Waals surface area contributed by atoms with Gasteiger partial charge in [-0.1, -0.05) is 11.6 Å². The van der Waals surface area contributed by atoms with E-state index in [1.165, 1.54) is 0 Å². The Kier molecular flexibility index (Phi) is 6.46. The number of piperazine rings is 1. The average molecular weight is 479 g/mol. The van der Waals surface area contributed by atoms with E-state index < -0.39 is 0 Å². The van der Waals surface area contributed by atoms with Crippen LogP contribution in [0, 0.1) is 18.3 Å². The molecule has 0 unspecified atom stereocenters. The van der Waals surface area contributed by atoms with Crippen molar-refractivity contribution in [3.8, 4) is 6.07 Å². The number of aryl methyl sites for hydroxylation is 1. The minimum atomic E-state index is 0.0716. The van der Waals surface area contributed by atoms with Crippen molar-refractivity contribution in [2.45, 2.75) is 26.1 Å². The largest absolute Gasteiger partial charge is 0.370 e. The van der Waals surface area contributed by atoms with Crippen LogP contribution in [0.5, 0.6) is 0 Å². The summed E-state index contributed by atoms with van der Waals surface area (Å²) in [5.74, 6) is 0.701. The summed E-state index contributed by atoms with van der Waals surface area (Å²) in [6.07, 6.45) is 3.47. The number of ether oxygens (including phenoxy) is 1. The van der Waals surface area contributed by atoms with E-state index in [1.54, 1.807) is 18.5 Å². The van der Waals surface area contributed by atoms with Gasteiger partial charge in [0.15, 0.2) is 0 Å². The predicted octanol–water partition coefficient (Wildman–Crippen LogP) is 2.67. The first-order valence-electron chi connectivity index (χ1n) is 11.5. The van der Waals surface area contributed by atoms with Crippen LogP contribution in [0.2, 0.25) is 5.15 Å². The molecular weight excluding hydrogens is 452 g/mol. The van der Waals surface area contributed by atoms with Gasteiger partial charge in [0.1, 0.15) is 22.3 Å². The molecule has 9 nitrogen and oxygen atoms in total. The zero-order valence-electron chi connectivity index (χ0n) is 19.4. The first kappa shape index (κ1) is 22.7. The third-order valence-electron chi connectivity index (χ3n) is 6.32. The molecule has 0 N–H and O–H groups in total. The molecule has 2 aliphatic heterocycles. The normalized spacial score (nSPS) is 21.6. The van der Waals surface area contributed by atoms with Crippen LogP contribution in [0.4, 0.5) is 11.6 Å². The lowest BCUT2D eigenvalue weighted by atomic mass is 10.1. The second-order valence-electron chi connectivity index (χ2n) is 8.89. The minimum Gasteiger partial charge on any atom is -0.370 e. The van der Waals surface area contributed by atoms with Gasteiger partial charge in [-0.3, -0.25) is 14.9 Å². The fraction of sp³-hybridized carbons (Fsp3) is 0.458. The van der Waals surface area contributed by atoms with Crippen LogP contribution in [0.3, 0.4) is 0 Å². The van der Waals surface area contributed by atoms with Crippen LogP contribution in [0.25, 0.3) is 11.0 Å². The zero-order chi connectivity index (χ0) is 23.7. The summed E-state index contributed by atoms with van der Waals surface area (Å²) in [6.45, 7) is 9.94. The first-order valence-corrected chi connectivity index (χ1v) is 11.9. The number of benzene rings is 1. The van der Waals surface area contributed by atoms with Gasteiger partial charge in [-0.15, -0.1) is 0 Å². The molecule has 2 saturated heterocycles. The van der Waals surface area contributed by atoms with Crippen molar-refractivity contribution < 1.29 is 4.74 Å². The van der Waals surface area contributed by atoms with E-state index in [9.17, 15) is 5.26 Å². The van der Waals surface area contributed by atoms with Crippen LogP contribution in [0.15, 0.2) is 30.6 Å². The van der Waals surface area contributed by atoms with E-state index in [0.29, 0.717) is 22.2 Å². The monoisotopic (exact) mass is 478 g/mol. The fourth-order valence-corrected chi connectivity index (χ4v) is 5.04. The molecule has 34 heavy (non-hydrogen) atoms. The van der Waals surface area contributed by atoms with E-state index in [1.807, 2.05) is 19.1 Å². The van der Waals surface area contributed by atoms with Crippen molar-refractivity contribution in [1.82, 2.24) is 24.8 Å². The standard InChI is InChI=1S/C24H27ClN8O/c1-16-11-21(25)30-24(29-16)32-9-7-31(8-10-32)14-19-15-33(13-17(2)34-19)20-4-3-18(12-26)22-23(20)28-6-5-27-22/h3-6,11,17,19H,7-10,13-15H2,1-2H3/t17-,19+/m1/s1. The average Bonchev–Trinajstić information content (AvgIpc) is 2.83. The van der Waals surface area contributed by atoms with Crippen molar-refractivity contribution >= 4 is 34.3 Å². The van der Waals surface area contributed by atoms with Gasteiger partial charge < -0.3 is 14.5 Å². The Hall–Kier alpha value is -3.06. The molecular formula is C24H27ClN8O. The zero-order valence-corrected chi connectivity index (χ0v) is 20.1. The van der Waals surface area contributed by atoms with E-state index in [0.717, 1.165) is 62.7 Å². The lowest BCUT2D eigenvalue weighted by Crippen LogP contribution is -2.54. The maximum Gasteiger partial charge on any atom is 0.227 e. The van der Waals surface area contributed by atoms with Crippen molar-refractivity contribution in [2.24, 2.45) is 0 Å². The summed E-state index contributed by atoms with van der Waals surface area (Å²) in [5.41, 5.74) is 3.83. The third kappa shape index (κ3) is 4.75. The molecule has 176 valence electrons. The number of hydrogen-bond donors (Lipinski definition) is 0. The number of halogens is 1. The number of nitrogens with zero attached hydrogens (tertiary/aromatic N) is 8. The molecule has 0 aliphatic carbocycles. The summed E-state index contributed by atoms with van der Waals surface area (Å²) in [5, 5.41) is 9.93. The molecule has 1 aromatic carbocycles. The van der Waals surface area contributed by atoms with Crippen LogP contribution in [-0.2, 0) is 4.74 Å². The molecule has 0 radical (unpaired) electrons. The van der Waals surface area contributed by atoms with E-state index in [2.05, 4.69) is 47.6 Å². The van der Waals surface area contributed by atoms with Crippen LogP contribution in [0.1, 0.15) is 18.2 Å². The second kappa shape index (κ2) is 9.66. The molecule has 2 fully saturated rings. The van der Waals surface area contributed by atoms with Gasteiger partial charge in [-0.2, -0.15) is 5.26 Å². The van der Waals surface area contributed by atoms with Crippen molar-refractivity contribution in [2.75, 3.05) is 55.6 Å². The topological polar surface area (TPSA) is 94.3 Å². The summed E-state index contributed by atoms with van der Waals surface area (Å²) in [6, 6.07) is 7.81. The van der Waals surface area contributed by atoms with Gasteiger partial charge in [0.25, 0.3) is 0 Å². The lowest BCUT2D eigenvalue weighted by molar-refractivity contribution is -0.0327. The Bertz CT molecular complexity index is 1200. The smallest absolute Gasteiger partial charge is 0.227 e. The first-order chi connectivity index (χ1) is 16.5. The molecule has 2 atom stereocenters. The molecule has 0 bridgehead atoms. The van der Waals surface area contributed by atoms with Crippen molar-refractivity contribution in [1.29, 1.82) is 5.26 Å². The van der Waals surface area contributed by atoms with Gasteiger partial charge in [0.2, 0.25) is 5.95 Å². The van der Waals surface area contributed by atoms with Gasteiger partial charge in [0.05, 0.1) is 23.5 Å². The van der Waals surface area contributed by atoms with E-state index >= 15 is 0 Å². The molecule has 5 rings (SSSR count). The highest BCUT2D eigenvalue weighted by Gasteiger charge is 2.30. The molecule has 3 aromatic rings. The number of hydrogen-bond acceptors (Lipinski definition) is 9. The molecule has 4 heterocycles. The van der Waals surface area contributed by atoms with Crippen LogP contribution in [-0.4, -0.2) is 82.9 Å². The lowest BCUT2D eigenvalue weighted by Gasteiger charge is -2.42. The Morgan fingerprint density at radius 2 is 1.82 bits per heavy atom. The maximum absolute atomic E-state index is 9.45.